The van der Waals surface area contributed by atoms with Crippen molar-refractivity contribution < 1.29 is 9.84 Å². The molecule has 1 saturated heterocycles. The zero-order chi connectivity index (χ0) is 8.59. The molecule has 1 fully saturated rings. The Hall–Kier alpha value is -0.0800. The Morgan fingerprint density at radius 3 is 2.00 bits per heavy atom. The van der Waals surface area contributed by atoms with Crippen molar-refractivity contribution in [3.8, 4) is 0 Å². The summed E-state index contributed by atoms with van der Waals surface area (Å²) in [5.74, 6) is 0.815. The summed E-state index contributed by atoms with van der Waals surface area (Å²) < 4.78 is 5.53. The molecule has 2 heteroatoms. The van der Waals surface area contributed by atoms with Gasteiger partial charge in [-0.3, -0.25) is 0 Å². The molecule has 0 amide bonds. The van der Waals surface area contributed by atoms with Gasteiger partial charge in [0, 0.05) is 0 Å². The monoisotopic (exact) mass is 158 g/mol. The maximum Gasteiger partial charge on any atom is 0.0828 e. The van der Waals surface area contributed by atoms with Crippen LogP contribution in [0.2, 0.25) is 0 Å². The van der Waals surface area contributed by atoms with E-state index in [2.05, 4.69) is 20.8 Å². The van der Waals surface area contributed by atoms with Crippen molar-refractivity contribution in [3.05, 3.63) is 0 Å². The van der Waals surface area contributed by atoms with Crippen LogP contribution in [0.1, 0.15) is 27.7 Å². The highest BCUT2D eigenvalue weighted by atomic mass is 16.5. The molecule has 0 aromatic carbocycles. The average Bonchev–Trinajstić information content (AvgIpc) is 1.97. The van der Waals surface area contributed by atoms with Gasteiger partial charge in [-0.2, -0.15) is 0 Å². The van der Waals surface area contributed by atoms with Gasteiger partial charge in [-0.15, -0.1) is 0 Å². The predicted octanol–water partition coefficient (Wildman–Crippen LogP) is 1.43. The van der Waals surface area contributed by atoms with Gasteiger partial charge in [0.25, 0.3) is 0 Å². The Morgan fingerprint density at radius 1 is 0.909 bits per heavy atom. The molecular weight excluding hydrogens is 140 g/mol. The lowest BCUT2D eigenvalue weighted by Gasteiger charge is -2.40. The van der Waals surface area contributed by atoms with E-state index in [0.717, 1.165) is 0 Å². The number of hydrogen-bond acceptors (Lipinski definition) is 2. The molecule has 1 N–H and O–H groups in total. The molecule has 0 bridgehead atoms. The maximum atomic E-state index is 9.61. The van der Waals surface area contributed by atoms with Crippen molar-refractivity contribution in [1.82, 2.24) is 0 Å². The molecule has 5 atom stereocenters. The topological polar surface area (TPSA) is 29.5 Å². The quantitative estimate of drug-likeness (QED) is 0.578. The summed E-state index contributed by atoms with van der Waals surface area (Å²) in [5.41, 5.74) is 0. The fourth-order valence-electron chi connectivity index (χ4n) is 1.71. The van der Waals surface area contributed by atoms with E-state index >= 15 is 0 Å². The first-order valence-corrected chi connectivity index (χ1v) is 4.37. The van der Waals surface area contributed by atoms with E-state index in [1.54, 1.807) is 0 Å². The Bertz CT molecular complexity index is 122. The lowest BCUT2D eigenvalue weighted by molar-refractivity contribution is -0.154. The van der Waals surface area contributed by atoms with Gasteiger partial charge in [0.2, 0.25) is 0 Å². The van der Waals surface area contributed by atoms with Crippen molar-refractivity contribution in [2.24, 2.45) is 11.8 Å². The van der Waals surface area contributed by atoms with Crippen LogP contribution in [0.3, 0.4) is 0 Å². The highest BCUT2D eigenvalue weighted by Gasteiger charge is 2.35. The van der Waals surface area contributed by atoms with Gasteiger partial charge in [0.05, 0.1) is 18.3 Å². The lowest BCUT2D eigenvalue weighted by atomic mass is 9.82. The normalized spacial score (nSPS) is 52.6. The second kappa shape index (κ2) is 3.11. The minimum Gasteiger partial charge on any atom is -0.390 e. The second-order valence-electron chi connectivity index (χ2n) is 3.76. The highest BCUT2D eigenvalue weighted by Crippen LogP contribution is 2.29. The molecule has 2 unspecified atom stereocenters. The molecule has 1 rings (SSSR count). The van der Waals surface area contributed by atoms with E-state index in [0.29, 0.717) is 11.8 Å². The summed E-state index contributed by atoms with van der Waals surface area (Å²) >= 11 is 0. The first-order chi connectivity index (χ1) is 5.04. The number of ether oxygens (including phenoxy) is 1. The fraction of sp³-hybridized carbons (Fsp3) is 1.00. The van der Waals surface area contributed by atoms with Crippen LogP contribution in [0.15, 0.2) is 0 Å². The zero-order valence-electron chi connectivity index (χ0n) is 7.74. The summed E-state index contributed by atoms with van der Waals surface area (Å²) in [4.78, 5) is 0. The van der Waals surface area contributed by atoms with E-state index in [-0.39, 0.29) is 18.3 Å². The molecule has 2 nitrogen and oxygen atoms in total. The first-order valence-electron chi connectivity index (χ1n) is 4.37. The average molecular weight is 158 g/mol. The maximum absolute atomic E-state index is 9.61. The van der Waals surface area contributed by atoms with Crippen LogP contribution >= 0.6 is 0 Å². The molecule has 1 aliphatic rings. The van der Waals surface area contributed by atoms with Crippen LogP contribution in [-0.2, 0) is 4.74 Å². The molecule has 11 heavy (non-hydrogen) atoms. The molecule has 0 radical (unpaired) electrons. The van der Waals surface area contributed by atoms with Gasteiger partial charge in [0.1, 0.15) is 0 Å². The van der Waals surface area contributed by atoms with Gasteiger partial charge in [-0.1, -0.05) is 13.8 Å². The summed E-state index contributed by atoms with van der Waals surface area (Å²) in [7, 11) is 0. The third kappa shape index (κ3) is 1.57. The fourth-order valence-corrected chi connectivity index (χ4v) is 1.71. The summed E-state index contributed by atoms with van der Waals surface area (Å²) in [6.45, 7) is 8.22. The highest BCUT2D eigenvalue weighted by molar-refractivity contribution is 4.83. The van der Waals surface area contributed by atoms with E-state index in [1.807, 2.05) is 6.92 Å². The number of aliphatic hydroxyl groups excluding tert-OH is 1. The van der Waals surface area contributed by atoms with Crippen molar-refractivity contribution in [1.29, 1.82) is 0 Å². The summed E-state index contributed by atoms with van der Waals surface area (Å²) in [6, 6.07) is 0. The van der Waals surface area contributed by atoms with E-state index in [4.69, 9.17) is 4.74 Å². The molecule has 1 heterocycles. The molecule has 0 aromatic rings. The molecule has 0 spiro atoms. The first kappa shape index (κ1) is 9.01. The van der Waals surface area contributed by atoms with E-state index in [9.17, 15) is 5.11 Å². The third-order valence-electron chi connectivity index (χ3n) is 3.02. The van der Waals surface area contributed by atoms with Crippen LogP contribution < -0.4 is 0 Å². The van der Waals surface area contributed by atoms with Crippen LogP contribution in [0.5, 0.6) is 0 Å². The Kier molecular flexibility index (Phi) is 2.55. The summed E-state index contributed by atoms with van der Waals surface area (Å²) in [6.07, 6.45) is -0.0131. The smallest absolute Gasteiger partial charge is 0.0828 e. The zero-order valence-corrected chi connectivity index (χ0v) is 7.74. The standard InChI is InChI=1S/C9H18O2/c1-5-6(2)9(10)8(4)11-7(5)3/h5-10H,1-4H3/t5-,6?,7?,8+,9+/m1/s1. The summed E-state index contributed by atoms with van der Waals surface area (Å²) in [5, 5.41) is 9.61. The van der Waals surface area contributed by atoms with Gasteiger partial charge in [0.15, 0.2) is 0 Å². The molecular formula is C9H18O2. The van der Waals surface area contributed by atoms with Crippen LogP contribution in [-0.4, -0.2) is 23.4 Å². The van der Waals surface area contributed by atoms with E-state index in [1.165, 1.54) is 0 Å². The van der Waals surface area contributed by atoms with Gasteiger partial charge >= 0.3 is 0 Å². The minimum atomic E-state index is -0.291. The molecule has 0 aromatic heterocycles. The third-order valence-corrected chi connectivity index (χ3v) is 3.02. The van der Waals surface area contributed by atoms with Crippen LogP contribution in [0, 0.1) is 11.8 Å². The second-order valence-corrected chi connectivity index (χ2v) is 3.76. The molecule has 0 saturated carbocycles. The molecule has 1 aliphatic heterocycles. The predicted molar refractivity (Wildman–Crippen MR) is 44.3 cm³/mol. The van der Waals surface area contributed by atoms with Crippen LogP contribution in [0.4, 0.5) is 0 Å². The number of rotatable bonds is 0. The van der Waals surface area contributed by atoms with Gasteiger partial charge in [-0.25, -0.2) is 0 Å². The van der Waals surface area contributed by atoms with Crippen LogP contribution in [0.25, 0.3) is 0 Å². The van der Waals surface area contributed by atoms with Crippen molar-refractivity contribution in [2.75, 3.05) is 0 Å². The Morgan fingerprint density at radius 2 is 1.45 bits per heavy atom. The molecule has 0 aliphatic carbocycles. The Balaban J connectivity index is 2.63. The lowest BCUT2D eigenvalue weighted by Crippen LogP contribution is -2.46. The number of aliphatic hydroxyl groups is 1. The van der Waals surface area contributed by atoms with Gasteiger partial charge < -0.3 is 9.84 Å². The van der Waals surface area contributed by atoms with Gasteiger partial charge in [-0.05, 0) is 25.7 Å². The Labute approximate surface area is 68.6 Å². The van der Waals surface area contributed by atoms with Crippen molar-refractivity contribution in [2.45, 2.75) is 46.0 Å². The largest absolute Gasteiger partial charge is 0.390 e. The molecule has 66 valence electrons. The SMILES string of the molecule is CC1O[C@@H](C)[C@@H](O)C(C)[C@H]1C. The minimum absolute atomic E-state index is 0.00352. The van der Waals surface area contributed by atoms with Crippen molar-refractivity contribution in [3.63, 3.8) is 0 Å². The number of hydrogen-bond donors (Lipinski definition) is 1. The van der Waals surface area contributed by atoms with E-state index < -0.39 is 0 Å². The van der Waals surface area contributed by atoms with Crippen molar-refractivity contribution >= 4 is 0 Å².